The molecule has 18 heavy (non-hydrogen) atoms. The first kappa shape index (κ1) is 16.8. The topological polar surface area (TPSA) is 50.7 Å². The maximum Gasteiger partial charge on any atom is 0.407 e. The molecule has 0 rings (SSSR count). The van der Waals surface area contributed by atoms with Gasteiger partial charge in [-0.2, -0.15) is 0 Å². The third-order valence-electron chi connectivity index (χ3n) is 2.21. The van der Waals surface area contributed by atoms with Crippen LogP contribution in [-0.4, -0.2) is 28.9 Å². The van der Waals surface area contributed by atoms with Gasteiger partial charge in [0.15, 0.2) is 0 Å². The molecule has 0 aliphatic rings. The minimum Gasteiger partial charge on any atom is -0.444 e. The molecule has 1 N–H and O–H groups in total. The summed E-state index contributed by atoms with van der Waals surface area (Å²) in [5.41, 5.74) is -0.525. The molecule has 1 amide bonds. The average molecular weight is 270 g/mol. The quantitative estimate of drug-likeness (QED) is 0.474. The van der Waals surface area contributed by atoms with E-state index in [2.05, 4.69) is 34.3 Å². The molecule has 102 valence electrons. The minimum absolute atomic E-state index is 0.174. The summed E-state index contributed by atoms with van der Waals surface area (Å²) in [6, 6.07) is -0.511. The van der Waals surface area contributed by atoms with Crippen molar-refractivity contribution in [1.29, 1.82) is 0 Å². The van der Waals surface area contributed by atoms with Crippen molar-refractivity contribution >= 4 is 23.5 Å². The van der Waals surface area contributed by atoms with Gasteiger partial charge in [-0.15, -0.1) is 6.58 Å². The second-order valence-corrected chi connectivity index (χ2v) is 5.55. The summed E-state index contributed by atoms with van der Waals surface area (Å²) < 4.78 is 5.22. The van der Waals surface area contributed by atoms with E-state index in [0.717, 1.165) is 0 Å². The Hall–Kier alpha value is -1.19. The number of amides is 1. The van der Waals surface area contributed by atoms with Crippen molar-refractivity contribution in [2.45, 2.75) is 52.3 Å². The van der Waals surface area contributed by atoms with E-state index in [9.17, 15) is 4.79 Å². The zero-order valence-corrected chi connectivity index (χ0v) is 12.5. The molecule has 0 saturated heterocycles. The number of nitrogens with zero attached hydrogens (tertiary/aromatic N) is 1. The summed E-state index contributed by atoms with van der Waals surface area (Å²) in [5, 5.41) is 5.12. The Balaban J connectivity index is 4.77. The van der Waals surface area contributed by atoms with Crippen LogP contribution in [0.2, 0.25) is 0 Å². The van der Waals surface area contributed by atoms with Gasteiger partial charge in [-0.1, -0.05) is 19.9 Å². The van der Waals surface area contributed by atoms with Gasteiger partial charge in [-0.3, -0.25) is 0 Å². The molecule has 0 spiro atoms. The highest BCUT2D eigenvalue weighted by atomic mass is 32.1. The smallest absolute Gasteiger partial charge is 0.407 e. The van der Waals surface area contributed by atoms with Crippen molar-refractivity contribution in [2.75, 3.05) is 0 Å². The van der Waals surface area contributed by atoms with E-state index in [1.54, 1.807) is 6.08 Å². The summed E-state index contributed by atoms with van der Waals surface area (Å²) in [6.07, 6.45) is 1.18. The summed E-state index contributed by atoms with van der Waals surface area (Å²) in [5.74, 6) is 0.174. The van der Waals surface area contributed by atoms with Crippen molar-refractivity contribution in [3.63, 3.8) is 0 Å². The Kier molecular flexibility index (Phi) is 6.81. The van der Waals surface area contributed by atoms with Crippen LogP contribution in [-0.2, 0) is 4.74 Å². The van der Waals surface area contributed by atoms with Gasteiger partial charge < -0.3 is 10.1 Å². The van der Waals surface area contributed by atoms with Crippen LogP contribution in [0.25, 0.3) is 0 Å². The maximum absolute atomic E-state index is 11.7. The third-order valence-corrected chi connectivity index (χ3v) is 2.32. The molecule has 0 bridgehead atoms. The molecule has 0 unspecified atom stereocenters. The molecule has 0 heterocycles. The largest absolute Gasteiger partial charge is 0.444 e. The first-order chi connectivity index (χ1) is 8.21. The van der Waals surface area contributed by atoms with Crippen molar-refractivity contribution < 1.29 is 9.53 Å². The molecule has 0 aliphatic heterocycles. The number of carbonyl (C=O) groups is 1. The Morgan fingerprint density at radius 2 is 2.06 bits per heavy atom. The number of ether oxygens (including phenoxy) is 1. The van der Waals surface area contributed by atoms with E-state index < -0.39 is 11.7 Å². The van der Waals surface area contributed by atoms with Crippen molar-refractivity contribution in [3.05, 3.63) is 12.7 Å². The highest BCUT2D eigenvalue weighted by molar-refractivity contribution is 7.78. The molecule has 4 nitrogen and oxygen atoms in total. The van der Waals surface area contributed by atoms with Gasteiger partial charge in [0, 0.05) is 0 Å². The van der Waals surface area contributed by atoms with Crippen LogP contribution in [0, 0.1) is 5.92 Å². The van der Waals surface area contributed by atoms with Crippen molar-refractivity contribution in [3.8, 4) is 0 Å². The number of hydrogen-bond acceptors (Lipinski definition) is 4. The first-order valence-electron chi connectivity index (χ1n) is 5.90. The summed E-state index contributed by atoms with van der Waals surface area (Å²) in [4.78, 5) is 15.7. The highest BCUT2D eigenvalue weighted by Crippen LogP contribution is 2.13. The fourth-order valence-electron chi connectivity index (χ4n) is 1.43. The predicted octanol–water partition coefficient (Wildman–Crippen LogP) is 3.19. The van der Waals surface area contributed by atoms with Gasteiger partial charge in [0.25, 0.3) is 0 Å². The van der Waals surface area contributed by atoms with Crippen LogP contribution < -0.4 is 5.32 Å². The fourth-order valence-corrected chi connectivity index (χ4v) is 1.55. The van der Waals surface area contributed by atoms with Crippen LogP contribution in [0.4, 0.5) is 4.79 Å². The standard InChI is InChI=1S/C13H22N2O2S/c1-7-10(14-8-18)11(9(2)3)15-12(16)17-13(4,5)6/h7,9-11H,1H2,2-6H3,(H,15,16)/t10-,11-/m0/s1. The second-order valence-electron chi connectivity index (χ2n) is 5.36. The van der Waals surface area contributed by atoms with Gasteiger partial charge in [0.2, 0.25) is 0 Å². The van der Waals surface area contributed by atoms with Gasteiger partial charge >= 0.3 is 6.09 Å². The first-order valence-corrected chi connectivity index (χ1v) is 6.31. The molecule has 0 radical (unpaired) electrons. The fraction of sp³-hybridized carbons (Fsp3) is 0.692. The molecule has 0 aromatic rings. The van der Waals surface area contributed by atoms with Gasteiger partial charge in [0.05, 0.1) is 17.2 Å². The highest BCUT2D eigenvalue weighted by Gasteiger charge is 2.26. The lowest BCUT2D eigenvalue weighted by Gasteiger charge is -2.27. The van der Waals surface area contributed by atoms with E-state index >= 15 is 0 Å². The van der Waals surface area contributed by atoms with Gasteiger partial charge in [0.1, 0.15) is 5.60 Å². The molecule has 0 fully saturated rings. The van der Waals surface area contributed by atoms with E-state index in [-0.39, 0.29) is 18.0 Å². The maximum atomic E-state index is 11.7. The number of nitrogens with one attached hydrogen (secondary N) is 1. The normalized spacial score (nSPS) is 14.3. The molecule has 0 aromatic heterocycles. The van der Waals surface area contributed by atoms with Gasteiger partial charge in [-0.05, 0) is 38.9 Å². The number of alkyl carbamates (subject to hydrolysis) is 1. The Morgan fingerprint density at radius 3 is 2.39 bits per heavy atom. The molecular weight excluding hydrogens is 248 g/mol. The lowest BCUT2D eigenvalue weighted by Crippen LogP contribution is -2.47. The number of thiocarbonyl (C=S) groups is 1. The van der Waals surface area contributed by atoms with Crippen LogP contribution in [0.1, 0.15) is 34.6 Å². The number of rotatable bonds is 5. The van der Waals surface area contributed by atoms with Crippen LogP contribution in [0.5, 0.6) is 0 Å². The lowest BCUT2D eigenvalue weighted by atomic mass is 9.97. The number of carbonyl (C=O) groups excluding carboxylic acids is 1. The van der Waals surface area contributed by atoms with E-state index in [4.69, 9.17) is 4.74 Å². The van der Waals surface area contributed by atoms with Gasteiger partial charge in [-0.25, -0.2) is 9.79 Å². The van der Waals surface area contributed by atoms with Crippen LogP contribution in [0.15, 0.2) is 17.6 Å². The summed E-state index contributed by atoms with van der Waals surface area (Å²) >= 11 is 4.59. The molecular formula is C13H22N2O2S. The number of isothiocyanates is 1. The zero-order valence-electron chi connectivity index (χ0n) is 11.7. The second kappa shape index (κ2) is 7.29. The van der Waals surface area contributed by atoms with Crippen molar-refractivity contribution in [2.24, 2.45) is 10.9 Å². The third kappa shape index (κ3) is 6.52. The van der Waals surface area contributed by atoms with Crippen LogP contribution in [0.3, 0.4) is 0 Å². The zero-order chi connectivity index (χ0) is 14.3. The molecule has 0 aromatic carbocycles. The predicted molar refractivity (Wildman–Crippen MR) is 77.0 cm³/mol. The molecule has 0 aliphatic carbocycles. The number of hydrogen-bond donors (Lipinski definition) is 1. The minimum atomic E-state index is -0.525. The Bertz CT molecular complexity index is 341. The Labute approximate surface area is 115 Å². The monoisotopic (exact) mass is 270 g/mol. The molecule has 0 saturated carbocycles. The van der Waals surface area contributed by atoms with Crippen LogP contribution >= 0.6 is 12.2 Å². The van der Waals surface area contributed by atoms with Crippen molar-refractivity contribution in [1.82, 2.24) is 5.32 Å². The van der Waals surface area contributed by atoms with E-state index in [0.29, 0.717) is 0 Å². The van der Waals surface area contributed by atoms with E-state index in [1.807, 2.05) is 34.6 Å². The molecule has 2 atom stereocenters. The molecule has 5 heteroatoms. The Morgan fingerprint density at radius 1 is 1.50 bits per heavy atom. The SMILES string of the molecule is C=C[C@H](N=C=S)[C@@H](NC(=O)OC(C)(C)C)C(C)C. The summed E-state index contributed by atoms with van der Waals surface area (Å²) in [6.45, 7) is 13.1. The lowest BCUT2D eigenvalue weighted by molar-refractivity contribution is 0.0486. The number of aliphatic imine (C=N–C) groups is 1. The van der Waals surface area contributed by atoms with E-state index in [1.165, 1.54) is 0 Å². The average Bonchev–Trinajstić information content (AvgIpc) is 2.20. The summed E-state index contributed by atoms with van der Waals surface area (Å²) in [7, 11) is 0.